The number of ether oxygens (including phenoxy) is 1. The summed E-state index contributed by atoms with van der Waals surface area (Å²) in [6.07, 6.45) is 1.65. The van der Waals surface area contributed by atoms with E-state index in [9.17, 15) is 4.79 Å². The molecule has 0 aliphatic carbocycles. The molecule has 0 rings (SSSR count). The number of hydrogen-bond donors (Lipinski definition) is 2. The third-order valence-electron chi connectivity index (χ3n) is 2.91. The predicted octanol–water partition coefficient (Wildman–Crippen LogP) is 1.30. The number of methoxy groups -OCH3 is 1. The molecule has 0 bridgehead atoms. The Morgan fingerprint density at radius 2 is 1.94 bits per heavy atom. The Labute approximate surface area is 99.1 Å². The van der Waals surface area contributed by atoms with Gasteiger partial charge in [0.15, 0.2) is 0 Å². The van der Waals surface area contributed by atoms with Gasteiger partial charge in [-0.3, -0.25) is 4.79 Å². The molecule has 3 atom stereocenters. The molecule has 0 saturated heterocycles. The zero-order valence-corrected chi connectivity index (χ0v) is 11.2. The summed E-state index contributed by atoms with van der Waals surface area (Å²) in [5, 5.41) is 6.21. The topological polar surface area (TPSA) is 50.4 Å². The van der Waals surface area contributed by atoms with Crippen molar-refractivity contribution in [3.63, 3.8) is 0 Å². The van der Waals surface area contributed by atoms with Crippen LogP contribution in [0.3, 0.4) is 0 Å². The Morgan fingerprint density at radius 1 is 1.31 bits per heavy atom. The predicted molar refractivity (Wildman–Crippen MR) is 66.4 cm³/mol. The van der Waals surface area contributed by atoms with Crippen LogP contribution in [0.25, 0.3) is 0 Å². The van der Waals surface area contributed by atoms with Crippen LogP contribution >= 0.6 is 0 Å². The van der Waals surface area contributed by atoms with Crippen LogP contribution in [-0.4, -0.2) is 37.7 Å². The van der Waals surface area contributed by atoms with Gasteiger partial charge in [0, 0.05) is 32.2 Å². The van der Waals surface area contributed by atoms with Gasteiger partial charge < -0.3 is 15.4 Å². The molecule has 4 heteroatoms. The molecule has 0 aliphatic rings. The van der Waals surface area contributed by atoms with Gasteiger partial charge in [-0.1, -0.05) is 6.92 Å². The first kappa shape index (κ1) is 15.4. The smallest absolute Gasteiger partial charge is 0.221 e. The van der Waals surface area contributed by atoms with E-state index in [2.05, 4.69) is 24.5 Å². The zero-order chi connectivity index (χ0) is 12.6. The van der Waals surface area contributed by atoms with Crippen LogP contribution < -0.4 is 10.6 Å². The minimum absolute atomic E-state index is 0.110. The van der Waals surface area contributed by atoms with Gasteiger partial charge in [-0.2, -0.15) is 0 Å². The Hall–Kier alpha value is -0.610. The minimum Gasteiger partial charge on any atom is -0.380 e. The van der Waals surface area contributed by atoms with Gasteiger partial charge in [0.25, 0.3) is 0 Å². The van der Waals surface area contributed by atoms with Crippen molar-refractivity contribution in [2.75, 3.05) is 13.7 Å². The van der Waals surface area contributed by atoms with Gasteiger partial charge in [-0.05, 0) is 27.2 Å². The van der Waals surface area contributed by atoms with E-state index in [-0.39, 0.29) is 24.1 Å². The highest BCUT2D eigenvalue weighted by Gasteiger charge is 2.11. The number of carbonyl (C=O) groups excluding carboxylic acids is 1. The van der Waals surface area contributed by atoms with Crippen molar-refractivity contribution >= 4 is 5.91 Å². The van der Waals surface area contributed by atoms with E-state index in [0.29, 0.717) is 13.0 Å². The molecule has 16 heavy (non-hydrogen) atoms. The molecular formula is C12H26N2O2. The molecular weight excluding hydrogens is 204 g/mol. The second kappa shape index (κ2) is 8.53. The zero-order valence-electron chi connectivity index (χ0n) is 11.2. The molecule has 2 N–H and O–H groups in total. The van der Waals surface area contributed by atoms with Crippen LogP contribution in [0, 0.1) is 0 Å². The number of nitrogens with one attached hydrogen (secondary N) is 2. The fourth-order valence-electron chi connectivity index (χ4n) is 1.23. The Kier molecular flexibility index (Phi) is 8.21. The van der Waals surface area contributed by atoms with Crippen molar-refractivity contribution in [3.8, 4) is 0 Å². The van der Waals surface area contributed by atoms with Gasteiger partial charge in [0.1, 0.15) is 0 Å². The summed E-state index contributed by atoms with van der Waals surface area (Å²) in [5.74, 6) is 0.110. The maximum Gasteiger partial charge on any atom is 0.221 e. The lowest BCUT2D eigenvalue weighted by molar-refractivity contribution is -0.121. The van der Waals surface area contributed by atoms with E-state index in [1.54, 1.807) is 7.11 Å². The molecule has 3 unspecified atom stereocenters. The molecule has 0 saturated carbocycles. The normalized spacial score (nSPS) is 16.6. The van der Waals surface area contributed by atoms with E-state index in [4.69, 9.17) is 4.74 Å². The van der Waals surface area contributed by atoms with Crippen molar-refractivity contribution in [2.45, 2.75) is 58.7 Å². The highest BCUT2D eigenvalue weighted by molar-refractivity contribution is 5.76. The SMILES string of the molecule is CCC(C)NC(=O)CCNC(C)C(C)OC. The molecule has 96 valence electrons. The van der Waals surface area contributed by atoms with Crippen LogP contribution in [-0.2, 0) is 9.53 Å². The molecule has 0 spiro atoms. The quantitative estimate of drug-likeness (QED) is 0.661. The summed E-state index contributed by atoms with van der Waals surface area (Å²) < 4.78 is 5.19. The molecule has 0 aromatic rings. The van der Waals surface area contributed by atoms with Crippen molar-refractivity contribution < 1.29 is 9.53 Å². The van der Waals surface area contributed by atoms with E-state index in [0.717, 1.165) is 6.42 Å². The fourth-order valence-corrected chi connectivity index (χ4v) is 1.23. The standard InChI is InChI=1S/C12H26N2O2/c1-6-9(2)14-12(15)7-8-13-10(3)11(4)16-5/h9-11,13H,6-8H2,1-5H3,(H,14,15). The van der Waals surface area contributed by atoms with Gasteiger partial charge in [0.2, 0.25) is 5.91 Å². The Balaban J connectivity index is 3.61. The molecule has 0 heterocycles. The molecule has 0 fully saturated rings. The summed E-state index contributed by atoms with van der Waals surface area (Å²) in [7, 11) is 1.69. The second-order valence-corrected chi connectivity index (χ2v) is 4.31. The second-order valence-electron chi connectivity index (χ2n) is 4.31. The molecule has 4 nitrogen and oxygen atoms in total. The monoisotopic (exact) mass is 230 g/mol. The summed E-state index contributed by atoms with van der Waals surface area (Å²) in [4.78, 5) is 11.5. The summed E-state index contributed by atoms with van der Waals surface area (Å²) in [6, 6.07) is 0.532. The molecule has 0 aromatic heterocycles. The third kappa shape index (κ3) is 6.80. The van der Waals surface area contributed by atoms with Crippen LogP contribution in [0.2, 0.25) is 0 Å². The maximum absolute atomic E-state index is 11.5. The molecule has 0 aliphatic heterocycles. The molecule has 0 radical (unpaired) electrons. The van der Waals surface area contributed by atoms with Crippen LogP contribution in [0.5, 0.6) is 0 Å². The molecule has 1 amide bonds. The lowest BCUT2D eigenvalue weighted by atomic mass is 10.2. The van der Waals surface area contributed by atoms with Gasteiger partial charge in [-0.25, -0.2) is 0 Å². The van der Waals surface area contributed by atoms with E-state index in [1.165, 1.54) is 0 Å². The first-order chi connectivity index (χ1) is 7.51. The van der Waals surface area contributed by atoms with E-state index in [1.807, 2.05) is 13.8 Å². The number of hydrogen-bond acceptors (Lipinski definition) is 3. The highest BCUT2D eigenvalue weighted by Crippen LogP contribution is 1.96. The van der Waals surface area contributed by atoms with Crippen molar-refractivity contribution in [2.24, 2.45) is 0 Å². The van der Waals surface area contributed by atoms with Crippen molar-refractivity contribution in [1.29, 1.82) is 0 Å². The van der Waals surface area contributed by atoms with E-state index < -0.39 is 0 Å². The number of rotatable bonds is 8. The first-order valence-corrected chi connectivity index (χ1v) is 6.06. The Bertz CT molecular complexity index is 197. The fraction of sp³-hybridized carbons (Fsp3) is 0.917. The summed E-state index contributed by atoms with van der Waals surface area (Å²) in [6.45, 7) is 8.83. The Morgan fingerprint density at radius 3 is 2.44 bits per heavy atom. The minimum atomic E-state index is 0.110. The van der Waals surface area contributed by atoms with Gasteiger partial charge >= 0.3 is 0 Å². The lowest BCUT2D eigenvalue weighted by Crippen LogP contribution is -2.40. The largest absolute Gasteiger partial charge is 0.380 e. The van der Waals surface area contributed by atoms with Crippen LogP contribution in [0.1, 0.15) is 40.5 Å². The highest BCUT2D eigenvalue weighted by atomic mass is 16.5. The maximum atomic E-state index is 11.5. The lowest BCUT2D eigenvalue weighted by Gasteiger charge is -2.20. The van der Waals surface area contributed by atoms with Gasteiger partial charge in [0.05, 0.1) is 6.10 Å². The van der Waals surface area contributed by atoms with Crippen LogP contribution in [0.4, 0.5) is 0 Å². The molecule has 0 aromatic carbocycles. The van der Waals surface area contributed by atoms with Crippen LogP contribution in [0.15, 0.2) is 0 Å². The van der Waals surface area contributed by atoms with Gasteiger partial charge in [-0.15, -0.1) is 0 Å². The summed E-state index contributed by atoms with van der Waals surface area (Å²) >= 11 is 0. The average molecular weight is 230 g/mol. The first-order valence-electron chi connectivity index (χ1n) is 6.06. The number of carbonyl (C=O) groups is 1. The van der Waals surface area contributed by atoms with E-state index >= 15 is 0 Å². The van der Waals surface area contributed by atoms with Crippen molar-refractivity contribution in [3.05, 3.63) is 0 Å². The third-order valence-corrected chi connectivity index (χ3v) is 2.91. The van der Waals surface area contributed by atoms with Crippen molar-refractivity contribution in [1.82, 2.24) is 10.6 Å². The summed E-state index contributed by atoms with van der Waals surface area (Å²) in [5.41, 5.74) is 0. The average Bonchev–Trinajstić information content (AvgIpc) is 2.27. The number of amides is 1.